The van der Waals surface area contributed by atoms with Crippen LogP contribution in [0.2, 0.25) is 0 Å². The number of nitrogens with zero attached hydrogens (tertiary/aromatic N) is 1. The zero-order valence-corrected chi connectivity index (χ0v) is 14.4. The maximum Gasteiger partial charge on any atom is 0.242 e. The molecule has 1 saturated heterocycles. The van der Waals surface area contributed by atoms with Crippen molar-refractivity contribution in [3.63, 3.8) is 0 Å². The molecule has 2 rings (SSSR count). The number of hydrogen-bond donors (Lipinski definition) is 1. The molecule has 1 aliphatic rings. The van der Waals surface area contributed by atoms with E-state index in [1.54, 1.807) is 7.11 Å². The summed E-state index contributed by atoms with van der Waals surface area (Å²) < 4.78 is 6.17. The van der Waals surface area contributed by atoms with Crippen LogP contribution in [0.5, 0.6) is 0 Å². The van der Waals surface area contributed by atoms with Gasteiger partial charge in [0.1, 0.15) is 6.04 Å². The minimum absolute atomic E-state index is 0. The molecule has 0 bridgehead atoms. The van der Waals surface area contributed by atoms with Gasteiger partial charge in [-0.2, -0.15) is 0 Å². The fraction of sp³-hybridized carbons (Fsp3) is 0.500. The van der Waals surface area contributed by atoms with Gasteiger partial charge in [-0.25, -0.2) is 0 Å². The van der Waals surface area contributed by atoms with Crippen LogP contribution in [0.15, 0.2) is 24.3 Å². The van der Waals surface area contributed by atoms with Crippen molar-refractivity contribution >= 4 is 40.9 Å². The lowest BCUT2D eigenvalue weighted by Crippen LogP contribution is -2.45. The number of methoxy groups -OCH3 is 1. The summed E-state index contributed by atoms with van der Waals surface area (Å²) in [5, 5.41) is 0. The molecule has 20 heavy (non-hydrogen) atoms. The molecule has 0 aromatic heterocycles. The molecular weight excluding hydrogens is 391 g/mol. The fourth-order valence-corrected chi connectivity index (χ4v) is 3.31. The first-order chi connectivity index (χ1) is 9.15. The van der Waals surface area contributed by atoms with Gasteiger partial charge in [0.25, 0.3) is 0 Å². The van der Waals surface area contributed by atoms with Crippen LogP contribution >= 0.6 is 35.0 Å². The summed E-state index contributed by atoms with van der Waals surface area (Å²) in [6, 6.07) is 7.80. The Kier molecular flexibility index (Phi) is 7.22. The number of hydrogen-bond acceptors (Lipinski definition) is 3. The lowest BCUT2D eigenvalue weighted by atomic mass is 10.0. The first-order valence-corrected chi connectivity index (χ1v) is 7.52. The third-order valence-electron chi connectivity index (χ3n) is 3.46. The van der Waals surface area contributed by atoms with Crippen molar-refractivity contribution in [3.05, 3.63) is 33.4 Å². The van der Waals surface area contributed by atoms with E-state index in [-0.39, 0.29) is 31.0 Å². The number of nitrogens with two attached hydrogens (primary N) is 1. The molecule has 1 aromatic carbocycles. The molecular formula is C14H20ClIN2O2. The molecule has 112 valence electrons. The largest absolute Gasteiger partial charge is 0.383 e. The number of ether oxygens (including phenoxy) is 1. The van der Waals surface area contributed by atoms with Gasteiger partial charge >= 0.3 is 0 Å². The van der Waals surface area contributed by atoms with Crippen molar-refractivity contribution in [2.24, 2.45) is 5.73 Å². The molecule has 0 saturated carbocycles. The van der Waals surface area contributed by atoms with Crippen molar-refractivity contribution < 1.29 is 9.53 Å². The van der Waals surface area contributed by atoms with Gasteiger partial charge in [0.15, 0.2) is 0 Å². The smallest absolute Gasteiger partial charge is 0.242 e. The lowest BCUT2D eigenvalue weighted by Gasteiger charge is -2.28. The molecule has 0 spiro atoms. The molecule has 1 fully saturated rings. The van der Waals surface area contributed by atoms with Crippen molar-refractivity contribution in [3.8, 4) is 0 Å². The summed E-state index contributed by atoms with van der Waals surface area (Å²) in [5.41, 5.74) is 7.09. The van der Waals surface area contributed by atoms with Crippen LogP contribution in [0.3, 0.4) is 0 Å². The minimum atomic E-state index is -0.563. The summed E-state index contributed by atoms with van der Waals surface area (Å²) >= 11 is 2.32. The number of carbonyl (C=O) groups is 1. The summed E-state index contributed by atoms with van der Waals surface area (Å²) in [6.07, 6.45) is 2.03. The van der Waals surface area contributed by atoms with Gasteiger partial charge in [-0.3, -0.25) is 4.79 Å². The Bertz CT molecular complexity index is 459. The van der Waals surface area contributed by atoms with E-state index in [0.29, 0.717) is 0 Å². The first kappa shape index (κ1) is 17.7. The summed E-state index contributed by atoms with van der Waals surface area (Å²) in [7, 11) is 1.56. The van der Waals surface area contributed by atoms with E-state index in [0.717, 1.165) is 19.4 Å². The van der Waals surface area contributed by atoms with Gasteiger partial charge in [-0.15, -0.1) is 12.4 Å². The highest BCUT2D eigenvalue weighted by Crippen LogP contribution is 2.34. The van der Waals surface area contributed by atoms with Gasteiger partial charge in [-0.1, -0.05) is 18.2 Å². The van der Waals surface area contributed by atoms with E-state index < -0.39 is 6.04 Å². The van der Waals surface area contributed by atoms with Gasteiger partial charge in [-0.05, 0) is 47.1 Å². The average Bonchev–Trinajstić information content (AvgIpc) is 2.87. The number of benzene rings is 1. The van der Waals surface area contributed by atoms with E-state index in [1.807, 2.05) is 17.0 Å². The van der Waals surface area contributed by atoms with Gasteiger partial charge in [0.2, 0.25) is 5.91 Å². The number of halogens is 2. The molecule has 2 unspecified atom stereocenters. The van der Waals surface area contributed by atoms with E-state index >= 15 is 0 Å². The van der Waals surface area contributed by atoms with Crippen LogP contribution in [-0.2, 0) is 9.53 Å². The quantitative estimate of drug-likeness (QED) is 0.775. The Balaban J connectivity index is 0.00000200. The highest BCUT2D eigenvalue weighted by molar-refractivity contribution is 14.1. The van der Waals surface area contributed by atoms with Crippen molar-refractivity contribution in [1.29, 1.82) is 0 Å². The number of likely N-dealkylation sites (tertiary alicyclic amines) is 1. The standard InChI is InChI=1S/C14H19IN2O2.ClH/c1-19-9-12(16)14(18)17-8-4-7-13(17)10-5-2-3-6-11(10)15;/h2-3,5-6,12-13H,4,7-9,16H2,1H3;1H. The number of carbonyl (C=O) groups excluding carboxylic acids is 1. The second kappa shape index (κ2) is 8.17. The van der Waals surface area contributed by atoms with E-state index in [1.165, 1.54) is 9.13 Å². The maximum absolute atomic E-state index is 12.3. The van der Waals surface area contributed by atoms with Gasteiger partial charge in [0, 0.05) is 17.2 Å². The first-order valence-electron chi connectivity index (χ1n) is 6.44. The number of rotatable bonds is 4. The second-order valence-corrected chi connectivity index (χ2v) is 5.94. The monoisotopic (exact) mass is 410 g/mol. The van der Waals surface area contributed by atoms with Crippen LogP contribution < -0.4 is 5.73 Å². The van der Waals surface area contributed by atoms with Crippen LogP contribution in [0.1, 0.15) is 24.4 Å². The summed E-state index contributed by atoms with van der Waals surface area (Å²) in [5.74, 6) is -0.0102. The predicted molar refractivity (Wildman–Crippen MR) is 89.9 cm³/mol. The lowest BCUT2D eigenvalue weighted by molar-refractivity contribution is -0.134. The van der Waals surface area contributed by atoms with Gasteiger partial charge in [0.05, 0.1) is 12.6 Å². The topological polar surface area (TPSA) is 55.6 Å². The fourth-order valence-electron chi connectivity index (χ4n) is 2.56. The molecule has 6 heteroatoms. The maximum atomic E-state index is 12.3. The Morgan fingerprint density at radius 2 is 2.25 bits per heavy atom. The van der Waals surface area contributed by atoms with Crippen LogP contribution in [-0.4, -0.2) is 37.1 Å². The third kappa shape index (κ3) is 3.84. The third-order valence-corrected chi connectivity index (χ3v) is 4.45. The zero-order chi connectivity index (χ0) is 13.8. The van der Waals surface area contributed by atoms with E-state index in [9.17, 15) is 4.79 Å². The normalized spacial score (nSPS) is 19.6. The van der Waals surface area contributed by atoms with Crippen molar-refractivity contribution in [2.45, 2.75) is 24.9 Å². The molecule has 1 amide bonds. The molecule has 1 heterocycles. The Hall–Kier alpha value is -0.370. The Labute approximate surface area is 139 Å². The molecule has 0 aliphatic carbocycles. The highest BCUT2D eigenvalue weighted by Gasteiger charge is 2.33. The predicted octanol–water partition coefficient (Wildman–Crippen LogP) is 2.35. The molecule has 1 aliphatic heterocycles. The molecule has 4 nitrogen and oxygen atoms in total. The molecule has 2 atom stereocenters. The SMILES string of the molecule is COCC(N)C(=O)N1CCCC1c1ccccc1I.Cl. The molecule has 1 aromatic rings. The minimum Gasteiger partial charge on any atom is -0.383 e. The summed E-state index contributed by atoms with van der Waals surface area (Å²) in [4.78, 5) is 14.3. The zero-order valence-electron chi connectivity index (χ0n) is 11.4. The van der Waals surface area contributed by atoms with Crippen molar-refractivity contribution in [1.82, 2.24) is 4.90 Å². The van der Waals surface area contributed by atoms with E-state index in [2.05, 4.69) is 34.7 Å². The molecule has 2 N–H and O–H groups in total. The highest BCUT2D eigenvalue weighted by atomic mass is 127. The van der Waals surface area contributed by atoms with Crippen LogP contribution in [0.4, 0.5) is 0 Å². The molecule has 0 radical (unpaired) electrons. The van der Waals surface area contributed by atoms with E-state index in [4.69, 9.17) is 10.5 Å². The number of amides is 1. The Morgan fingerprint density at radius 1 is 1.55 bits per heavy atom. The van der Waals surface area contributed by atoms with Crippen LogP contribution in [0.25, 0.3) is 0 Å². The van der Waals surface area contributed by atoms with Gasteiger partial charge < -0.3 is 15.4 Å². The summed E-state index contributed by atoms with van der Waals surface area (Å²) in [6.45, 7) is 1.06. The van der Waals surface area contributed by atoms with Crippen LogP contribution in [0, 0.1) is 3.57 Å². The second-order valence-electron chi connectivity index (χ2n) is 4.77. The average molecular weight is 411 g/mol. The van der Waals surface area contributed by atoms with Crippen molar-refractivity contribution in [2.75, 3.05) is 20.3 Å². The Morgan fingerprint density at radius 3 is 2.90 bits per heavy atom.